The van der Waals surface area contributed by atoms with Crippen LogP contribution in [0.1, 0.15) is 46.7 Å². The van der Waals surface area contributed by atoms with Crippen LogP contribution in [-0.4, -0.2) is 11.1 Å². The van der Waals surface area contributed by atoms with Gasteiger partial charge in [-0.3, -0.25) is 0 Å². The number of benzene rings is 1. The predicted octanol–water partition coefficient (Wildman–Crippen LogP) is 4.02. The summed E-state index contributed by atoms with van der Waals surface area (Å²) in [4.78, 5) is 11.0. The lowest BCUT2D eigenvalue weighted by Gasteiger charge is -2.09. The highest BCUT2D eigenvalue weighted by Crippen LogP contribution is 2.47. The molecule has 0 bridgehead atoms. The van der Waals surface area contributed by atoms with Crippen LogP contribution in [0.2, 0.25) is 0 Å². The van der Waals surface area contributed by atoms with Crippen molar-refractivity contribution < 1.29 is 14.3 Å². The smallest absolute Gasteiger partial charge is 0.335 e. The van der Waals surface area contributed by atoms with Crippen LogP contribution in [0.25, 0.3) is 0 Å². The lowest BCUT2D eigenvalue weighted by molar-refractivity contribution is 0.0697. The van der Waals surface area contributed by atoms with Gasteiger partial charge in [-0.2, -0.15) is 0 Å². The van der Waals surface area contributed by atoms with Crippen LogP contribution in [-0.2, 0) is 6.54 Å². The summed E-state index contributed by atoms with van der Waals surface area (Å²) in [5.41, 5.74) is 2.13. The van der Waals surface area contributed by atoms with Crippen molar-refractivity contribution in [1.82, 2.24) is 0 Å². The molecule has 1 aliphatic carbocycles. The van der Waals surface area contributed by atoms with E-state index in [4.69, 9.17) is 9.52 Å². The molecule has 4 nitrogen and oxygen atoms in total. The molecule has 0 spiro atoms. The Morgan fingerprint density at radius 2 is 2.14 bits per heavy atom. The van der Waals surface area contributed by atoms with Gasteiger partial charge in [-0.15, -0.1) is 0 Å². The first-order chi connectivity index (χ1) is 10.0. The van der Waals surface area contributed by atoms with Crippen LogP contribution >= 0.6 is 0 Å². The molecule has 110 valence electrons. The Morgan fingerprint density at radius 1 is 1.38 bits per heavy atom. The highest BCUT2D eigenvalue weighted by Gasteiger charge is 2.36. The van der Waals surface area contributed by atoms with E-state index < -0.39 is 5.97 Å². The zero-order valence-electron chi connectivity index (χ0n) is 12.2. The van der Waals surface area contributed by atoms with E-state index in [1.54, 1.807) is 12.1 Å². The van der Waals surface area contributed by atoms with Crippen molar-refractivity contribution in [3.8, 4) is 0 Å². The fourth-order valence-electron chi connectivity index (χ4n) is 2.54. The van der Waals surface area contributed by atoms with Gasteiger partial charge in [0.05, 0.1) is 12.1 Å². The van der Waals surface area contributed by atoms with Crippen molar-refractivity contribution in [1.29, 1.82) is 0 Å². The number of aromatic carboxylic acids is 1. The Bertz CT molecular complexity index is 674. The van der Waals surface area contributed by atoms with Gasteiger partial charge in [0.1, 0.15) is 11.5 Å². The second-order valence-electron chi connectivity index (χ2n) is 5.81. The molecule has 1 aromatic carbocycles. The monoisotopic (exact) mass is 285 g/mol. The summed E-state index contributed by atoms with van der Waals surface area (Å²) in [5, 5.41) is 12.3. The van der Waals surface area contributed by atoms with Gasteiger partial charge in [-0.25, -0.2) is 4.79 Å². The quantitative estimate of drug-likeness (QED) is 0.871. The minimum atomic E-state index is -0.916. The average Bonchev–Trinajstić information content (AvgIpc) is 3.00. The minimum Gasteiger partial charge on any atom is -0.478 e. The molecular weight excluding hydrogens is 266 g/mol. The third kappa shape index (κ3) is 2.94. The third-order valence-corrected chi connectivity index (χ3v) is 4.09. The Hall–Kier alpha value is -2.23. The first kappa shape index (κ1) is 13.7. The molecule has 1 aromatic heterocycles. The molecule has 2 N–H and O–H groups in total. The largest absolute Gasteiger partial charge is 0.478 e. The van der Waals surface area contributed by atoms with Gasteiger partial charge in [0.2, 0.25) is 0 Å². The Kier molecular flexibility index (Phi) is 3.45. The number of hydrogen-bond donors (Lipinski definition) is 2. The Balaban J connectivity index is 1.68. The zero-order valence-corrected chi connectivity index (χ0v) is 12.2. The maximum absolute atomic E-state index is 11.0. The van der Waals surface area contributed by atoms with E-state index in [0.717, 1.165) is 28.7 Å². The molecule has 3 rings (SSSR count). The van der Waals surface area contributed by atoms with E-state index in [1.807, 2.05) is 25.1 Å². The summed E-state index contributed by atoms with van der Waals surface area (Å²) in [6, 6.07) is 9.12. The number of rotatable bonds is 5. The van der Waals surface area contributed by atoms with Gasteiger partial charge in [0.25, 0.3) is 0 Å². The van der Waals surface area contributed by atoms with Gasteiger partial charge < -0.3 is 14.8 Å². The van der Waals surface area contributed by atoms with Crippen LogP contribution in [0.5, 0.6) is 0 Å². The molecule has 0 aliphatic heterocycles. The standard InChI is InChI=1S/C17H19NO3/c1-10-3-4-12(17(19)20)8-15(10)18-9-13-5-6-16(21-13)14-7-11(14)2/h3-6,8,11,14,18H,7,9H2,1-2H3,(H,19,20). The topological polar surface area (TPSA) is 62.5 Å². The number of carbonyl (C=O) groups is 1. The maximum atomic E-state index is 11.0. The van der Waals surface area contributed by atoms with Crippen LogP contribution < -0.4 is 5.32 Å². The fraction of sp³-hybridized carbons (Fsp3) is 0.353. The molecule has 1 aliphatic rings. The van der Waals surface area contributed by atoms with Gasteiger partial charge >= 0.3 is 5.97 Å². The van der Waals surface area contributed by atoms with Crippen molar-refractivity contribution in [3.63, 3.8) is 0 Å². The molecule has 0 saturated heterocycles. The van der Waals surface area contributed by atoms with Gasteiger partial charge in [-0.05, 0) is 49.1 Å². The highest BCUT2D eigenvalue weighted by molar-refractivity contribution is 5.89. The second-order valence-corrected chi connectivity index (χ2v) is 5.81. The van der Waals surface area contributed by atoms with E-state index in [-0.39, 0.29) is 5.56 Å². The zero-order chi connectivity index (χ0) is 15.0. The van der Waals surface area contributed by atoms with Crippen LogP contribution in [0, 0.1) is 12.8 Å². The summed E-state index contributed by atoms with van der Waals surface area (Å²) in [6.45, 7) is 4.74. The number of carboxylic acid groups (broad SMARTS) is 1. The third-order valence-electron chi connectivity index (χ3n) is 4.09. The van der Waals surface area contributed by atoms with E-state index in [1.165, 1.54) is 6.42 Å². The van der Waals surface area contributed by atoms with Crippen LogP contribution in [0.4, 0.5) is 5.69 Å². The van der Waals surface area contributed by atoms with E-state index >= 15 is 0 Å². The molecule has 0 amide bonds. The number of nitrogens with one attached hydrogen (secondary N) is 1. The molecule has 4 heteroatoms. The van der Waals surface area contributed by atoms with E-state index in [2.05, 4.69) is 12.2 Å². The maximum Gasteiger partial charge on any atom is 0.335 e. The fourth-order valence-corrected chi connectivity index (χ4v) is 2.54. The number of carboxylic acids is 1. The summed E-state index contributed by atoms with van der Waals surface area (Å²) in [7, 11) is 0. The molecular formula is C17H19NO3. The molecule has 2 atom stereocenters. The molecule has 1 saturated carbocycles. The van der Waals surface area contributed by atoms with Crippen molar-refractivity contribution in [2.24, 2.45) is 5.92 Å². The lowest BCUT2D eigenvalue weighted by atomic mass is 10.1. The average molecular weight is 285 g/mol. The highest BCUT2D eigenvalue weighted by atomic mass is 16.4. The number of anilines is 1. The van der Waals surface area contributed by atoms with Crippen LogP contribution in [0.15, 0.2) is 34.7 Å². The molecule has 1 fully saturated rings. The molecule has 21 heavy (non-hydrogen) atoms. The minimum absolute atomic E-state index is 0.287. The Labute approximate surface area is 123 Å². The molecule has 2 unspecified atom stereocenters. The lowest BCUT2D eigenvalue weighted by Crippen LogP contribution is -2.03. The van der Waals surface area contributed by atoms with Crippen LogP contribution in [0.3, 0.4) is 0 Å². The number of aryl methyl sites for hydroxylation is 1. The SMILES string of the molecule is Cc1ccc(C(=O)O)cc1NCc1ccc(C2CC2C)o1. The summed E-state index contributed by atoms with van der Waals surface area (Å²) >= 11 is 0. The summed E-state index contributed by atoms with van der Waals surface area (Å²) in [6.07, 6.45) is 1.21. The first-order valence-electron chi connectivity index (χ1n) is 7.21. The summed E-state index contributed by atoms with van der Waals surface area (Å²) < 4.78 is 5.84. The number of hydrogen-bond acceptors (Lipinski definition) is 3. The molecule has 0 radical (unpaired) electrons. The predicted molar refractivity (Wildman–Crippen MR) is 80.7 cm³/mol. The summed E-state index contributed by atoms with van der Waals surface area (Å²) in [5.74, 6) is 2.34. The van der Waals surface area contributed by atoms with Crippen molar-refractivity contribution in [2.75, 3.05) is 5.32 Å². The molecule has 2 aromatic rings. The van der Waals surface area contributed by atoms with Gasteiger partial charge in [0, 0.05) is 11.6 Å². The van der Waals surface area contributed by atoms with E-state index in [0.29, 0.717) is 12.5 Å². The number of furan rings is 1. The normalized spacial score (nSPS) is 20.3. The second kappa shape index (κ2) is 5.28. The van der Waals surface area contributed by atoms with Crippen molar-refractivity contribution in [2.45, 2.75) is 32.7 Å². The van der Waals surface area contributed by atoms with E-state index in [9.17, 15) is 4.79 Å². The first-order valence-corrected chi connectivity index (χ1v) is 7.21. The Morgan fingerprint density at radius 3 is 2.81 bits per heavy atom. The van der Waals surface area contributed by atoms with Gasteiger partial charge in [0.15, 0.2) is 0 Å². The molecule has 1 heterocycles. The van der Waals surface area contributed by atoms with Crippen molar-refractivity contribution in [3.05, 3.63) is 53.0 Å². The van der Waals surface area contributed by atoms with Crippen molar-refractivity contribution >= 4 is 11.7 Å². The van der Waals surface area contributed by atoms with Gasteiger partial charge in [-0.1, -0.05) is 13.0 Å².